The monoisotopic (exact) mass is 274 g/mol. The van der Waals surface area contributed by atoms with Gasteiger partial charge in [0, 0.05) is 0 Å². The highest BCUT2D eigenvalue weighted by Crippen LogP contribution is 2.38. The molecule has 1 aromatic rings. The summed E-state index contributed by atoms with van der Waals surface area (Å²) in [5.41, 5.74) is 0.784. The first kappa shape index (κ1) is 12.3. The van der Waals surface area contributed by atoms with Gasteiger partial charge < -0.3 is 14.6 Å². The topological polar surface area (TPSA) is 38.7 Å². The average Bonchev–Trinajstić information content (AvgIpc) is 2.20. The van der Waals surface area contributed by atoms with Crippen LogP contribution in [0.1, 0.15) is 19.4 Å². The lowest BCUT2D eigenvalue weighted by atomic mass is 10.2. The second kappa shape index (κ2) is 5.37. The maximum atomic E-state index is 9.11. The molecule has 0 aliphatic carbocycles. The van der Waals surface area contributed by atoms with Crippen LogP contribution in [0, 0.1) is 0 Å². The SMILES string of the molecule is COc1ccc(CO)c(Br)c1OC(C)C. The molecule has 1 N–H and O–H groups in total. The van der Waals surface area contributed by atoms with Crippen molar-refractivity contribution in [1.82, 2.24) is 0 Å². The molecule has 1 aromatic carbocycles. The van der Waals surface area contributed by atoms with Crippen LogP contribution in [0.25, 0.3) is 0 Å². The molecule has 0 saturated heterocycles. The Hall–Kier alpha value is -0.740. The molecule has 0 bridgehead atoms. The number of benzene rings is 1. The normalized spacial score (nSPS) is 10.5. The van der Waals surface area contributed by atoms with Crippen LogP contribution in [0.5, 0.6) is 11.5 Å². The Bertz CT molecular complexity index is 337. The number of methoxy groups -OCH3 is 1. The molecule has 0 aromatic heterocycles. The Morgan fingerprint density at radius 3 is 2.53 bits per heavy atom. The summed E-state index contributed by atoms with van der Waals surface area (Å²) in [5.74, 6) is 1.30. The van der Waals surface area contributed by atoms with Crippen LogP contribution in [0.4, 0.5) is 0 Å². The quantitative estimate of drug-likeness (QED) is 0.918. The van der Waals surface area contributed by atoms with Gasteiger partial charge in [0.1, 0.15) is 0 Å². The number of aliphatic hydroxyl groups is 1. The van der Waals surface area contributed by atoms with Crippen molar-refractivity contribution in [2.75, 3.05) is 7.11 Å². The Labute approximate surface area is 98.1 Å². The lowest BCUT2D eigenvalue weighted by molar-refractivity contribution is 0.226. The highest BCUT2D eigenvalue weighted by molar-refractivity contribution is 9.10. The molecule has 0 fully saturated rings. The van der Waals surface area contributed by atoms with E-state index in [0.717, 1.165) is 10.0 Å². The molecule has 84 valence electrons. The van der Waals surface area contributed by atoms with Crippen molar-refractivity contribution in [3.63, 3.8) is 0 Å². The van der Waals surface area contributed by atoms with Crippen LogP contribution in [0.2, 0.25) is 0 Å². The van der Waals surface area contributed by atoms with Crippen molar-refractivity contribution in [2.24, 2.45) is 0 Å². The summed E-state index contributed by atoms with van der Waals surface area (Å²) in [6, 6.07) is 3.59. The zero-order chi connectivity index (χ0) is 11.4. The first-order valence-corrected chi connectivity index (χ1v) is 5.52. The summed E-state index contributed by atoms with van der Waals surface area (Å²) in [6.45, 7) is 3.86. The Balaban J connectivity index is 3.16. The van der Waals surface area contributed by atoms with E-state index in [1.54, 1.807) is 19.2 Å². The lowest BCUT2D eigenvalue weighted by Crippen LogP contribution is -2.08. The molecular weight excluding hydrogens is 260 g/mol. The second-order valence-electron chi connectivity index (χ2n) is 3.39. The maximum absolute atomic E-state index is 9.11. The van der Waals surface area contributed by atoms with Crippen LogP contribution in [-0.2, 0) is 6.61 Å². The standard InChI is InChI=1S/C11H15BrO3/c1-7(2)15-11-9(14-3)5-4-8(6-13)10(11)12/h4-5,7,13H,6H2,1-3H3. The number of rotatable bonds is 4. The van der Waals surface area contributed by atoms with Crippen molar-refractivity contribution in [3.8, 4) is 11.5 Å². The summed E-state index contributed by atoms with van der Waals surface area (Å²) < 4.78 is 11.6. The van der Waals surface area contributed by atoms with Gasteiger partial charge in [-0.3, -0.25) is 0 Å². The third kappa shape index (κ3) is 2.86. The lowest BCUT2D eigenvalue weighted by Gasteiger charge is -2.16. The molecule has 4 heteroatoms. The molecule has 0 aliphatic heterocycles. The minimum absolute atomic E-state index is 0.0287. The van der Waals surface area contributed by atoms with Crippen LogP contribution >= 0.6 is 15.9 Å². The second-order valence-corrected chi connectivity index (χ2v) is 4.19. The molecule has 0 spiro atoms. The van der Waals surface area contributed by atoms with E-state index in [2.05, 4.69) is 15.9 Å². The van der Waals surface area contributed by atoms with Gasteiger partial charge in [0.05, 0.1) is 24.3 Å². The molecular formula is C11H15BrO3. The van der Waals surface area contributed by atoms with E-state index in [1.165, 1.54) is 0 Å². The summed E-state index contributed by atoms with van der Waals surface area (Å²) in [4.78, 5) is 0. The molecule has 0 saturated carbocycles. The molecule has 0 atom stereocenters. The molecule has 0 aliphatic rings. The van der Waals surface area contributed by atoms with Crippen molar-refractivity contribution in [3.05, 3.63) is 22.2 Å². The molecule has 0 unspecified atom stereocenters. The number of aliphatic hydroxyl groups excluding tert-OH is 1. The summed E-state index contributed by atoms with van der Waals surface area (Å²) in [7, 11) is 1.59. The molecule has 15 heavy (non-hydrogen) atoms. The van der Waals surface area contributed by atoms with Gasteiger partial charge in [-0.1, -0.05) is 6.07 Å². The third-order valence-corrected chi connectivity index (χ3v) is 2.75. The molecule has 0 radical (unpaired) electrons. The van der Waals surface area contributed by atoms with Crippen LogP contribution in [-0.4, -0.2) is 18.3 Å². The van der Waals surface area contributed by atoms with Crippen molar-refractivity contribution in [1.29, 1.82) is 0 Å². The van der Waals surface area contributed by atoms with E-state index in [1.807, 2.05) is 13.8 Å². The van der Waals surface area contributed by atoms with Crippen LogP contribution < -0.4 is 9.47 Å². The fourth-order valence-electron chi connectivity index (χ4n) is 1.21. The van der Waals surface area contributed by atoms with Gasteiger partial charge in [0.15, 0.2) is 11.5 Å². The minimum Gasteiger partial charge on any atom is -0.493 e. The zero-order valence-corrected chi connectivity index (χ0v) is 10.7. The van der Waals surface area contributed by atoms with E-state index in [0.29, 0.717) is 11.5 Å². The van der Waals surface area contributed by atoms with E-state index in [9.17, 15) is 0 Å². The Morgan fingerprint density at radius 1 is 1.40 bits per heavy atom. The van der Waals surface area contributed by atoms with E-state index >= 15 is 0 Å². The summed E-state index contributed by atoms with van der Waals surface area (Å²) in [5, 5.41) is 9.11. The highest BCUT2D eigenvalue weighted by atomic mass is 79.9. The number of halogens is 1. The number of hydrogen-bond acceptors (Lipinski definition) is 3. The van der Waals surface area contributed by atoms with Crippen LogP contribution in [0.3, 0.4) is 0 Å². The predicted molar refractivity (Wildman–Crippen MR) is 62.4 cm³/mol. The third-order valence-electron chi connectivity index (χ3n) is 1.88. The average molecular weight is 275 g/mol. The van der Waals surface area contributed by atoms with Crippen molar-refractivity contribution in [2.45, 2.75) is 26.6 Å². The first-order valence-electron chi connectivity index (χ1n) is 4.73. The number of hydrogen-bond donors (Lipinski definition) is 1. The van der Waals surface area contributed by atoms with Gasteiger partial charge in [0.25, 0.3) is 0 Å². The predicted octanol–water partition coefficient (Wildman–Crippen LogP) is 2.74. The Morgan fingerprint density at radius 2 is 2.07 bits per heavy atom. The van der Waals surface area contributed by atoms with Gasteiger partial charge in [-0.15, -0.1) is 0 Å². The minimum atomic E-state index is -0.0287. The molecule has 1 rings (SSSR count). The van der Waals surface area contributed by atoms with E-state index in [4.69, 9.17) is 14.6 Å². The fourth-order valence-corrected chi connectivity index (χ4v) is 1.75. The van der Waals surface area contributed by atoms with E-state index < -0.39 is 0 Å². The zero-order valence-electron chi connectivity index (χ0n) is 9.08. The first-order chi connectivity index (χ1) is 7.10. The summed E-state index contributed by atoms with van der Waals surface area (Å²) in [6.07, 6.45) is 0.0594. The van der Waals surface area contributed by atoms with E-state index in [-0.39, 0.29) is 12.7 Å². The largest absolute Gasteiger partial charge is 0.493 e. The smallest absolute Gasteiger partial charge is 0.176 e. The maximum Gasteiger partial charge on any atom is 0.176 e. The van der Waals surface area contributed by atoms with Crippen LogP contribution in [0.15, 0.2) is 16.6 Å². The van der Waals surface area contributed by atoms with Crippen molar-refractivity contribution < 1.29 is 14.6 Å². The number of ether oxygens (including phenoxy) is 2. The fraction of sp³-hybridized carbons (Fsp3) is 0.455. The summed E-state index contributed by atoms with van der Waals surface area (Å²) >= 11 is 3.40. The van der Waals surface area contributed by atoms with Crippen molar-refractivity contribution >= 4 is 15.9 Å². The highest BCUT2D eigenvalue weighted by Gasteiger charge is 2.14. The van der Waals surface area contributed by atoms with Gasteiger partial charge in [0.2, 0.25) is 0 Å². The van der Waals surface area contributed by atoms with Gasteiger partial charge >= 0.3 is 0 Å². The molecule has 0 heterocycles. The molecule has 0 amide bonds. The Kier molecular flexibility index (Phi) is 4.42. The van der Waals surface area contributed by atoms with Gasteiger partial charge in [-0.05, 0) is 41.4 Å². The van der Waals surface area contributed by atoms with Gasteiger partial charge in [-0.2, -0.15) is 0 Å². The molecule has 3 nitrogen and oxygen atoms in total. The van der Waals surface area contributed by atoms with Gasteiger partial charge in [-0.25, -0.2) is 0 Å².